The Morgan fingerprint density at radius 2 is 1.83 bits per heavy atom. The molecule has 2 aromatic rings. The smallest absolute Gasteiger partial charge is 0.167 e. The van der Waals surface area contributed by atoms with Gasteiger partial charge in [-0.05, 0) is 51.8 Å². The van der Waals surface area contributed by atoms with E-state index in [4.69, 9.17) is 5.73 Å². The molecule has 18 heavy (non-hydrogen) atoms. The molecular weight excluding hydrogens is 297 g/mol. The SMILES string of the molecule is Nc1ccc(C(=O)Cc2cccc(F)c2Br)cc1. The van der Waals surface area contributed by atoms with Crippen molar-refractivity contribution in [2.24, 2.45) is 0 Å². The normalized spacial score (nSPS) is 10.3. The van der Waals surface area contributed by atoms with Crippen LogP contribution in [0.4, 0.5) is 10.1 Å². The number of benzene rings is 2. The molecule has 0 heterocycles. The van der Waals surface area contributed by atoms with Gasteiger partial charge in [-0.2, -0.15) is 0 Å². The lowest BCUT2D eigenvalue weighted by atomic mass is 10.0. The van der Waals surface area contributed by atoms with Crippen molar-refractivity contribution in [2.75, 3.05) is 5.73 Å². The molecule has 0 fully saturated rings. The van der Waals surface area contributed by atoms with E-state index in [0.29, 0.717) is 21.3 Å². The van der Waals surface area contributed by atoms with E-state index >= 15 is 0 Å². The zero-order valence-electron chi connectivity index (χ0n) is 9.49. The molecule has 0 radical (unpaired) electrons. The van der Waals surface area contributed by atoms with E-state index in [1.54, 1.807) is 36.4 Å². The Bertz CT molecular complexity index is 581. The van der Waals surface area contributed by atoms with Gasteiger partial charge in [-0.3, -0.25) is 4.79 Å². The van der Waals surface area contributed by atoms with Crippen LogP contribution in [0.2, 0.25) is 0 Å². The third kappa shape index (κ3) is 2.76. The standard InChI is InChI=1S/C14H11BrFNO/c15-14-10(2-1-3-12(14)16)8-13(18)9-4-6-11(17)7-5-9/h1-7H,8,17H2. The summed E-state index contributed by atoms with van der Waals surface area (Å²) in [6, 6.07) is 11.4. The minimum absolute atomic E-state index is 0.0682. The molecule has 0 aromatic heterocycles. The average Bonchev–Trinajstić information content (AvgIpc) is 2.36. The number of anilines is 1. The van der Waals surface area contributed by atoms with Crippen LogP contribution in [0.5, 0.6) is 0 Å². The number of hydrogen-bond donors (Lipinski definition) is 1. The van der Waals surface area contributed by atoms with Crippen molar-refractivity contribution in [1.82, 2.24) is 0 Å². The maximum atomic E-state index is 13.3. The maximum absolute atomic E-state index is 13.3. The minimum Gasteiger partial charge on any atom is -0.399 e. The summed E-state index contributed by atoms with van der Waals surface area (Å²) >= 11 is 3.15. The maximum Gasteiger partial charge on any atom is 0.167 e. The molecule has 92 valence electrons. The zero-order valence-corrected chi connectivity index (χ0v) is 11.1. The average molecular weight is 308 g/mol. The summed E-state index contributed by atoms with van der Waals surface area (Å²) < 4.78 is 13.7. The highest BCUT2D eigenvalue weighted by Gasteiger charge is 2.11. The van der Waals surface area contributed by atoms with Gasteiger partial charge < -0.3 is 5.73 Å². The van der Waals surface area contributed by atoms with Gasteiger partial charge in [0, 0.05) is 17.7 Å². The quantitative estimate of drug-likeness (QED) is 0.695. The Labute approximate surface area is 113 Å². The van der Waals surface area contributed by atoms with Crippen LogP contribution in [0.25, 0.3) is 0 Å². The topological polar surface area (TPSA) is 43.1 Å². The number of hydrogen-bond acceptors (Lipinski definition) is 2. The van der Waals surface area contributed by atoms with Crippen LogP contribution >= 0.6 is 15.9 Å². The molecule has 0 atom stereocenters. The number of carbonyl (C=O) groups is 1. The lowest BCUT2D eigenvalue weighted by Gasteiger charge is -2.05. The van der Waals surface area contributed by atoms with Gasteiger partial charge in [-0.15, -0.1) is 0 Å². The first kappa shape index (κ1) is 12.8. The predicted molar refractivity (Wildman–Crippen MR) is 73.0 cm³/mol. The highest BCUT2D eigenvalue weighted by atomic mass is 79.9. The van der Waals surface area contributed by atoms with Crippen LogP contribution in [0, 0.1) is 5.82 Å². The van der Waals surface area contributed by atoms with Crippen LogP contribution in [-0.4, -0.2) is 5.78 Å². The molecule has 0 aliphatic rings. The minimum atomic E-state index is -0.363. The van der Waals surface area contributed by atoms with Crippen LogP contribution < -0.4 is 5.73 Å². The van der Waals surface area contributed by atoms with Gasteiger partial charge >= 0.3 is 0 Å². The molecular formula is C14H11BrFNO. The predicted octanol–water partition coefficient (Wildman–Crippen LogP) is 3.60. The van der Waals surface area contributed by atoms with Crippen LogP contribution in [0.15, 0.2) is 46.9 Å². The van der Waals surface area contributed by atoms with Gasteiger partial charge in [0.25, 0.3) is 0 Å². The van der Waals surface area contributed by atoms with Gasteiger partial charge in [0.15, 0.2) is 5.78 Å². The molecule has 0 bridgehead atoms. The monoisotopic (exact) mass is 307 g/mol. The van der Waals surface area contributed by atoms with Crippen LogP contribution in [0.3, 0.4) is 0 Å². The highest BCUT2D eigenvalue weighted by molar-refractivity contribution is 9.10. The van der Waals surface area contributed by atoms with Gasteiger partial charge in [0.05, 0.1) is 4.47 Å². The van der Waals surface area contributed by atoms with Crippen molar-refractivity contribution in [1.29, 1.82) is 0 Å². The molecule has 4 heteroatoms. The third-order valence-electron chi connectivity index (χ3n) is 2.62. The van der Waals surface area contributed by atoms with Gasteiger partial charge in [-0.1, -0.05) is 12.1 Å². The van der Waals surface area contributed by atoms with Crippen molar-refractivity contribution in [3.63, 3.8) is 0 Å². The fourth-order valence-corrected chi connectivity index (χ4v) is 2.03. The molecule has 0 saturated carbocycles. The van der Waals surface area contributed by atoms with E-state index in [9.17, 15) is 9.18 Å². The van der Waals surface area contributed by atoms with Crippen molar-refractivity contribution in [3.8, 4) is 0 Å². The van der Waals surface area contributed by atoms with Gasteiger partial charge in [0.2, 0.25) is 0 Å². The van der Waals surface area contributed by atoms with Gasteiger partial charge in [-0.25, -0.2) is 4.39 Å². The largest absolute Gasteiger partial charge is 0.399 e. The molecule has 0 saturated heterocycles. The first-order valence-corrected chi connectivity index (χ1v) is 6.19. The molecule has 2 rings (SSSR count). The second-order valence-corrected chi connectivity index (χ2v) is 4.73. The van der Waals surface area contributed by atoms with Crippen molar-refractivity contribution >= 4 is 27.4 Å². The molecule has 0 aliphatic heterocycles. The molecule has 0 amide bonds. The molecule has 0 spiro atoms. The Kier molecular flexibility index (Phi) is 3.77. The summed E-state index contributed by atoms with van der Waals surface area (Å²) in [4.78, 5) is 12.0. The fourth-order valence-electron chi connectivity index (χ4n) is 1.63. The molecule has 0 aliphatic carbocycles. The number of carbonyl (C=O) groups excluding carboxylic acids is 1. The molecule has 2 aromatic carbocycles. The Balaban J connectivity index is 2.21. The van der Waals surface area contributed by atoms with Crippen molar-refractivity contribution < 1.29 is 9.18 Å². The first-order valence-electron chi connectivity index (χ1n) is 5.39. The van der Waals surface area contributed by atoms with Crippen LogP contribution in [0.1, 0.15) is 15.9 Å². The highest BCUT2D eigenvalue weighted by Crippen LogP contribution is 2.22. The summed E-state index contributed by atoms with van der Waals surface area (Å²) in [7, 11) is 0. The molecule has 0 unspecified atom stereocenters. The summed E-state index contributed by atoms with van der Waals surface area (Å²) in [6.07, 6.45) is 0.155. The van der Waals surface area contributed by atoms with E-state index in [1.807, 2.05) is 0 Å². The van der Waals surface area contributed by atoms with E-state index < -0.39 is 0 Å². The Morgan fingerprint density at radius 1 is 1.17 bits per heavy atom. The molecule has 2 N–H and O–H groups in total. The Hall–Kier alpha value is -1.68. The van der Waals surface area contributed by atoms with Crippen molar-refractivity contribution in [3.05, 3.63) is 63.9 Å². The number of nitrogen functional groups attached to an aromatic ring is 1. The summed E-state index contributed by atoms with van der Waals surface area (Å²) in [5.74, 6) is -0.432. The summed E-state index contributed by atoms with van der Waals surface area (Å²) in [5, 5.41) is 0. The van der Waals surface area contributed by atoms with E-state index in [1.165, 1.54) is 6.07 Å². The Morgan fingerprint density at radius 3 is 2.50 bits per heavy atom. The summed E-state index contributed by atoms with van der Waals surface area (Å²) in [6.45, 7) is 0. The lowest BCUT2D eigenvalue weighted by molar-refractivity contribution is 0.0993. The molecule has 2 nitrogen and oxygen atoms in total. The number of Topliss-reactive ketones (excluding diaryl/α,β-unsaturated/α-hetero) is 1. The van der Waals surface area contributed by atoms with E-state index in [0.717, 1.165) is 0 Å². The second-order valence-electron chi connectivity index (χ2n) is 3.93. The summed E-state index contributed by atoms with van der Waals surface area (Å²) in [5.41, 5.74) is 7.37. The van der Waals surface area contributed by atoms with Gasteiger partial charge in [0.1, 0.15) is 5.82 Å². The van der Waals surface area contributed by atoms with Crippen LogP contribution in [-0.2, 0) is 6.42 Å². The third-order valence-corrected chi connectivity index (χ3v) is 3.50. The number of halogens is 2. The van der Waals surface area contributed by atoms with E-state index in [-0.39, 0.29) is 18.0 Å². The number of ketones is 1. The second kappa shape index (κ2) is 5.31. The number of nitrogens with two attached hydrogens (primary N) is 1. The first-order chi connectivity index (χ1) is 8.58. The zero-order chi connectivity index (χ0) is 13.1. The lowest BCUT2D eigenvalue weighted by Crippen LogP contribution is -2.04. The van der Waals surface area contributed by atoms with E-state index in [2.05, 4.69) is 15.9 Å². The fraction of sp³-hybridized carbons (Fsp3) is 0.0714. The van der Waals surface area contributed by atoms with Crippen molar-refractivity contribution in [2.45, 2.75) is 6.42 Å². The number of rotatable bonds is 3.